The fourth-order valence-electron chi connectivity index (χ4n) is 1.73. The van der Waals surface area contributed by atoms with Crippen LogP contribution in [0.1, 0.15) is 11.3 Å². The Morgan fingerprint density at radius 3 is 3.29 bits per heavy atom. The summed E-state index contributed by atoms with van der Waals surface area (Å²) in [5.41, 5.74) is 0. The van der Waals surface area contributed by atoms with Gasteiger partial charge in [-0.1, -0.05) is 6.07 Å². The quantitative estimate of drug-likeness (QED) is 0.751. The van der Waals surface area contributed by atoms with Gasteiger partial charge in [0.2, 0.25) is 0 Å². The van der Waals surface area contributed by atoms with Crippen LogP contribution in [0.4, 0.5) is 0 Å². The van der Waals surface area contributed by atoms with E-state index in [1.165, 1.54) is 17.8 Å². The van der Waals surface area contributed by atoms with E-state index in [2.05, 4.69) is 22.8 Å². The van der Waals surface area contributed by atoms with Crippen molar-refractivity contribution in [3.63, 3.8) is 0 Å². The molecule has 1 atom stereocenters. The van der Waals surface area contributed by atoms with E-state index < -0.39 is 0 Å². The van der Waals surface area contributed by atoms with Crippen LogP contribution < -0.4 is 5.32 Å². The van der Waals surface area contributed by atoms with E-state index in [-0.39, 0.29) is 0 Å². The third-order valence-electron chi connectivity index (χ3n) is 2.59. The summed E-state index contributed by atoms with van der Waals surface area (Å²) >= 11 is 1.81. The lowest BCUT2D eigenvalue weighted by molar-refractivity contribution is 0.108. The monoisotopic (exact) mass is 211 g/mol. The lowest BCUT2D eigenvalue weighted by atomic mass is 10.1. The van der Waals surface area contributed by atoms with Crippen molar-refractivity contribution in [3.05, 3.63) is 22.4 Å². The van der Waals surface area contributed by atoms with Gasteiger partial charge < -0.3 is 10.1 Å². The SMILES string of the molecule is c1csc(CCOCC2CCNC2)c1. The van der Waals surface area contributed by atoms with Crippen LogP contribution in [0.5, 0.6) is 0 Å². The maximum atomic E-state index is 5.66. The summed E-state index contributed by atoms with van der Waals surface area (Å²) in [7, 11) is 0. The topological polar surface area (TPSA) is 21.3 Å². The van der Waals surface area contributed by atoms with E-state index >= 15 is 0 Å². The Morgan fingerprint density at radius 1 is 1.57 bits per heavy atom. The molecule has 2 rings (SSSR count). The van der Waals surface area contributed by atoms with Gasteiger partial charge in [0.05, 0.1) is 13.2 Å². The average Bonchev–Trinajstić information content (AvgIpc) is 2.86. The van der Waals surface area contributed by atoms with Gasteiger partial charge in [0, 0.05) is 17.8 Å². The molecule has 1 aromatic heterocycles. The molecule has 1 unspecified atom stereocenters. The Labute approximate surface area is 89.3 Å². The van der Waals surface area contributed by atoms with Crippen LogP contribution in [0, 0.1) is 5.92 Å². The van der Waals surface area contributed by atoms with Crippen LogP contribution in [0.25, 0.3) is 0 Å². The maximum absolute atomic E-state index is 5.66. The van der Waals surface area contributed by atoms with Crippen molar-refractivity contribution in [1.82, 2.24) is 5.32 Å². The van der Waals surface area contributed by atoms with Gasteiger partial charge in [-0.05, 0) is 30.3 Å². The molecule has 2 heterocycles. The Hall–Kier alpha value is -0.380. The molecule has 1 aliphatic rings. The Morgan fingerprint density at radius 2 is 2.57 bits per heavy atom. The first kappa shape index (κ1) is 10.1. The van der Waals surface area contributed by atoms with E-state index in [1.807, 2.05) is 11.3 Å². The Bertz CT molecular complexity index is 242. The van der Waals surface area contributed by atoms with Gasteiger partial charge in [0.25, 0.3) is 0 Å². The van der Waals surface area contributed by atoms with Crippen molar-refractivity contribution in [2.45, 2.75) is 12.8 Å². The molecule has 2 nitrogen and oxygen atoms in total. The minimum Gasteiger partial charge on any atom is -0.381 e. The van der Waals surface area contributed by atoms with Gasteiger partial charge in [-0.25, -0.2) is 0 Å². The minimum atomic E-state index is 0.748. The smallest absolute Gasteiger partial charge is 0.0514 e. The molecule has 14 heavy (non-hydrogen) atoms. The first-order valence-electron chi connectivity index (χ1n) is 5.26. The standard InChI is InChI=1S/C11H17NOS/c1-2-11(14-7-1)4-6-13-9-10-3-5-12-8-10/h1-2,7,10,12H,3-6,8-9H2. The molecule has 1 fully saturated rings. The van der Waals surface area contributed by atoms with Gasteiger partial charge in [-0.2, -0.15) is 0 Å². The lowest BCUT2D eigenvalue weighted by Crippen LogP contribution is -2.14. The summed E-state index contributed by atoms with van der Waals surface area (Å²) in [4.78, 5) is 1.43. The van der Waals surface area contributed by atoms with Gasteiger partial charge in [0.15, 0.2) is 0 Å². The van der Waals surface area contributed by atoms with E-state index in [0.29, 0.717) is 0 Å². The number of hydrogen-bond acceptors (Lipinski definition) is 3. The number of hydrogen-bond donors (Lipinski definition) is 1. The zero-order valence-electron chi connectivity index (χ0n) is 8.37. The highest BCUT2D eigenvalue weighted by molar-refractivity contribution is 7.09. The first-order chi connectivity index (χ1) is 6.95. The number of ether oxygens (including phenoxy) is 1. The summed E-state index contributed by atoms with van der Waals surface area (Å²) in [6.45, 7) is 4.10. The predicted octanol–water partition coefficient (Wildman–Crippen LogP) is 1.92. The molecule has 1 saturated heterocycles. The van der Waals surface area contributed by atoms with E-state index in [4.69, 9.17) is 4.74 Å². The van der Waals surface area contributed by atoms with Crippen LogP contribution in [0.3, 0.4) is 0 Å². The largest absolute Gasteiger partial charge is 0.381 e. The predicted molar refractivity (Wildman–Crippen MR) is 59.8 cm³/mol. The molecular formula is C11H17NOS. The molecule has 0 amide bonds. The number of rotatable bonds is 5. The summed E-state index contributed by atoms with van der Waals surface area (Å²) in [5.74, 6) is 0.748. The molecule has 0 radical (unpaired) electrons. The molecule has 0 aromatic carbocycles. The average molecular weight is 211 g/mol. The highest BCUT2D eigenvalue weighted by atomic mass is 32.1. The molecule has 1 aromatic rings. The Kier molecular flexibility index (Phi) is 3.98. The molecule has 78 valence electrons. The van der Waals surface area contributed by atoms with Crippen LogP contribution in [-0.2, 0) is 11.2 Å². The second-order valence-corrected chi connectivity index (χ2v) is 4.80. The molecule has 0 bridgehead atoms. The normalized spacial score (nSPS) is 21.6. The molecule has 3 heteroatoms. The number of nitrogens with one attached hydrogen (secondary N) is 1. The van der Waals surface area contributed by atoms with Gasteiger partial charge in [-0.15, -0.1) is 11.3 Å². The van der Waals surface area contributed by atoms with Gasteiger partial charge in [-0.3, -0.25) is 0 Å². The summed E-state index contributed by atoms with van der Waals surface area (Å²) in [6.07, 6.45) is 2.34. The van der Waals surface area contributed by atoms with Crippen LogP contribution in [0.15, 0.2) is 17.5 Å². The highest BCUT2D eigenvalue weighted by Gasteiger charge is 2.13. The second-order valence-electron chi connectivity index (χ2n) is 3.76. The maximum Gasteiger partial charge on any atom is 0.0514 e. The van der Waals surface area contributed by atoms with Crippen LogP contribution >= 0.6 is 11.3 Å². The summed E-state index contributed by atoms with van der Waals surface area (Å²) in [6, 6.07) is 4.27. The minimum absolute atomic E-state index is 0.748. The van der Waals surface area contributed by atoms with Crippen molar-refractivity contribution >= 4 is 11.3 Å². The fraction of sp³-hybridized carbons (Fsp3) is 0.636. The van der Waals surface area contributed by atoms with E-state index in [0.717, 1.165) is 32.1 Å². The third-order valence-corrected chi connectivity index (χ3v) is 3.53. The van der Waals surface area contributed by atoms with E-state index in [9.17, 15) is 0 Å². The molecular weight excluding hydrogens is 194 g/mol. The van der Waals surface area contributed by atoms with Crippen LogP contribution in [-0.4, -0.2) is 26.3 Å². The van der Waals surface area contributed by atoms with Crippen molar-refractivity contribution in [2.75, 3.05) is 26.3 Å². The first-order valence-corrected chi connectivity index (χ1v) is 6.14. The molecule has 1 aliphatic heterocycles. The van der Waals surface area contributed by atoms with E-state index in [1.54, 1.807) is 0 Å². The molecule has 1 N–H and O–H groups in total. The second kappa shape index (κ2) is 5.49. The molecule has 0 aliphatic carbocycles. The zero-order chi connectivity index (χ0) is 9.64. The Balaban J connectivity index is 1.55. The van der Waals surface area contributed by atoms with Crippen molar-refractivity contribution in [1.29, 1.82) is 0 Å². The lowest BCUT2D eigenvalue weighted by Gasteiger charge is -2.08. The summed E-state index contributed by atoms with van der Waals surface area (Å²) in [5, 5.41) is 5.47. The molecule has 0 spiro atoms. The fourth-order valence-corrected chi connectivity index (χ4v) is 2.42. The summed E-state index contributed by atoms with van der Waals surface area (Å²) < 4.78 is 5.66. The highest BCUT2D eigenvalue weighted by Crippen LogP contribution is 2.10. The van der Waals surface area contributed by atoms with Crippen molar-refractivity contribution in [3.8, 4) is 0 Å². The zero-order valence-corrected chi connectivity index (χ0v) is 9.19. The third kappa shape index (κ3) is 3.08. The number of thiophene rings is 1. The van der Waals surface area contributed by atoms with Gasteiger partial charge >= 0.3 is 0 Å². The van der Waals surface area contributed by atoms with Crippen molar-refractivity contribution in [2.24, 2.45) is 5.92 Å². The van der Waals surface area contributed by atoms with Gasteiger partial charge in [0.1, 0.15) is 0 Å². The van der Waals surface area contributed by atoms with Crippen LogP contribution in [0.2, 0.25) is 0 Å². The van der Waals surface area contributed by atoms with Crippen molar-refractivity contribution < 1.29 is 4.74 Å². The molecule has 0 saturated carbocycles.